The first-order valence-electron chi connectivity index (χ1n) is 8.59. The van der Waals surface area contributed by atoms with Gasteiger partial charge in [-0.15, -0.1) is 0 Å². The summed E-state index contributed by atoms with van der Waals surface area (Å²) >= 11 is 0. The summed E-state index contributed by atoms with van der Waals surface area (Å²) in [4.78, 5) is 11.9. The van der Waals surface area contributed by atoms with Crippen LogP contribution in [0.2, 0.25) is 0 Å². The van der Waals surface area contributed by atoms with E-state index < -0.39 is 6.10 Å². The Hall–Kier alpha value is -0.490. The molecule has 2 N–H and O–H groups in total. The molecule has 1 aliphatic rings. The Morgan fingerprint density at radius 1 is 1.36 bits per heavy atom. The summed E-state index contributed by atoms with van der Waals surface area (Å²) in [7, 11) is 0. The maximum absolute atomic E-state index is 11.9. The van der Waals surface area contributed by atoms with Crippen LogP contribution < -0.4 is 0 Å². The van der Waals surface area contributed by atoms with Crippen molar-refractivity contribution < 1.29 is 24.5 Å². The van der Waals surface area contributed by atoms with Gasteiger partial charge in [0, 0.05) is 19.4 Å². The van der Waals surface area contributed by atoms with Gasteiger partial charge in [0.2, 0.25) is 0 Å². The van der Waals surface area contributed by atoms with Crippen molar-refractivity contribution in [2.24, 2.45) is 5.92 Å². The summed E-state index contributed by atoms with van der Waals surface area (Å²) in [5.74, 6) is 0.507. The van der Waals surface area contributed by atoms with Crippen LogP contribution in [0.3, 0.4) is 0 Å². The van der Waals surface area contributed by atoms with Crippen LogP contribution >= 0.6 is 0 Å². The number of ketones is 1. The number of hydrogen-bond donors (Lipinski definition) is 2. The average molecular weight is 316 g/mol. The van der Waals surface area contributed by atoms with E-state index in [1.165, 1.54) is 0 Å². The van der Waals surface area contributed by atoms with E-state index in [-0.39, 0.29) is 30.7 Å². The van der Waals surface area contributed by atoms with Crippen molar-refractivity contribution in [3.63, 3.8) is 0 Å². The van der Waals surface area contributed by atoms with E-state index >= 15 is 0 Å². The number of carbonyl (C=O) groups excluding carboxylic acids is 1. The molecule has 130 valence electrons. The van der Waals surface area contributed by atoms with Crippen LogP contribution in [-0.2, 0) is 14.3 Å². The van der Waals surface area contributed by atoms with Gasteiger partial charge in [-0.05, 0) is 51.4 Å². The van der Waals surface area contributed by atoms with Crippen molar-refractivity contribution in [3.05, 3.63) is 0 Å². The van der Waals surface area contributed by atoms with Gasteiger partial charge in [-0.2, -0.15) is 0 Å². The third-order valence-electron chi connectivity index (χ3n) is 4.04. The molecule has 1 rings (SSSR count). The second-order valence-corrected chi connectivity index (χ2v) is 6.56. The molecule has 5 nitrogen and oxygen atoms in total. The molecule has 1 saturated heterocycles. The van der Waals surface area contributed by atoms with E-state index in [0.29, 0.717) is 25.7 Å². The fourth-order valence-electron chi connectivity index (χ4n) is 2.90. The van der Waals surface area contributed by atoms with Crippen LogP contribution in [0.5, 0.6) is 0 Å². The van der Waals surface area contributed by atoms with Crippen molar-refractivity contribution in [1.82, 2.24) is 0 Å². The van der Waals surface area contributed by atoms with Gasteiger partial charge in [0.05, 0.1) is 18.8 Å². The second kappa shape index (κ2) is 11.1. The topological polar surface area (TPSA) is 76.0 Å². The van der Waals surface area contributed by atoms with E-state index in [1.54, 1.807) is 0 Å². The first-order chi connectivity index (χ1) is 10.5. The molecule has 0 spiro atoms. The summed E-state index contributed by atoms with van der Waals surface area (Å²) in [6.07, 6.45) is 5.55. The molecular formula is C17H32O5. The Bertz CT molecular complexity index is 301. The van der Waals surface area contributed by atoms with Crippen LogP contribution in [0.1, 0.15) is 65.2 Å². The minimum absolute atomic E-state index is 0.0772. The molecule has 0 aliphatic carbocycles. The molecule has 0 aromatic carbocycles. The molecule has 22 heavy (non-hydrogen) atoms. The van der Waals surface area contributed by atoms with Crippen LogP contribution in [0.4, 0.5) is 0 Å². The fraction of sp³-hybridized carbons (Fsp3) is 0.941. The van der Waals surface area contributed by atoms with Gasteiger partial charge in [0.15, 0.2) is 6.29 Å². The second-order valence-electron chi connectivity index (χ2n) is 6.56. The Kier molecular flexibility index (Phi) is 9.87. The van der Waals surface area contributed by atoms with Gasteiger partial charge in [-0.3, -0.25) is 4.79 Å². The van der Waals surface area contributed by atoms with E-state index in [4.69, 9.17) is 14.6 Å². The predicted molar refractivity (Wildman–Crippen MR) is 84.5 cm³/mol. The largest absolute Gasteiger partial charge is 0.394 e. The molecule has 4 atom stereocenters. The molecule has 1 fully saturated rings. The lowest BCUT2D eigenvalue weighted by molar-refractivity contribution is -0.187. The molecule has 0 radical (unpaired) electrons. The zero-order chi connectivity index (χ0) is 16.4. The lowest BCUT2D eigenvalue weighted by atomic mass is 9.96. The highest BCUT2D eigenvalue weighted by Crippen LogP contribution is 2.20. The number of hydrogen-bond acceptors (Lipinski definition) is 5. The highest BCUT2D eigenvalue weighted by molar-refractivity contribution is 5.78. The van der Waals surface area contributed by atoms with Gasteiger partial charge >= 0.3 is 0 Å². The first kappa shape index (κ1) is 19.6. The molecule has 0 aromatic rings. The van der Waals surface area contributed by atoms with Gasteiger partial charge in [-0.1, -0.05) is 6.92 Å². The quantitative estimate of drug-likeness (QED) is 0.612. The maximum Gasteiger partial charge on any atom is 0.157 e. The lowest BCUT2D eigenvalue weighted by Gasteiger charge is -2.27. The minimum Gasteiger partial charge on any atom is -0.394 e. The van der Waals surface area contributed by atoms with E-state index in [9.17, 15) is 9.90 Å². The molecule has 0 aromatic heterocycles. The third kappa shape index (κ3) is 8.83. The van der Waals surface area contributed by atoms with Gasteiger partial charge in [-0.25, -0.2) is 0 Å². The van der Waals surface area contributed by atoms with Crippen LogP contribution in [-0.4, -0.2) is 47.7 Å². The minimum atomic E-state index is -0.700. The van der Waals surface area contributed by atoms with Crippen molar-refractivity contribution in [3.8, 4) is 0 Å². The molecule has 1 aliphatic heterocycles. The monoisotopic (exact) mass is 316 g/mol. The zero-order valence-electron chi connectivity index (χ0n) is 14.0. The molecule has 5 heteroatoms. The Balaban J connectivity index is 2.12. The molecule has 2 unspecified atom stereocenters. The Morgan fingerprint density at radius 3 is 2.77 bits per heavy atom. The smallest absolute Gasteiger partial charge is 0.157 e. The molecule has 0 amide bonds. The summed E-state index contributed by atoms with van der Waals surface area (Å²) in [5, 5.41) is 18.0. The van der Waals surface area contributed by atoms with Gasteiger partial charge < -0.3 is 19.7 Å². The highest BCUT2D eigenvalue weighted by Gasteiger charge is 2.19. The van der Waals surface area contributed by atoms with E-state index in [2.05, 4.69) is 6.92 Å². The number of rotatable bonds is 11. The van der Waals surface area contributed by atoms with Crippen molar-refractivity contribution in [2.75, 3.05) is 13.2 Å². The molecule has 1 heterocycles. The van der Waals surface area contributed by atoms with E-state index in [1.807, 2.05) is 6.92 Å². The van der Waals surface area contributed by atoms with E-state index in [0.717, 1.165) is 32.3 Å². The Labute approximate surface area is 134 Å². The van der Waals surface area contributed by atoms with Crippen LogP contribution in [0, 0.1) is 5.92 Å². The highest BCUT2D eigenvalue weighted by atomic mass is 16.7. The zero-order valence-corrected chi connectivity index (χ0v) is 14.0. The molecule has 0 bridgehead atoms. The summed E-state index contributed by atoms with van der Waals surface area (Å²) < 4.78 is 11.4. The lowest BCUT2D eigenvalue weighted by Crippen LogP contribution is -2.27. The average Bonchev–Trinajstić information content (AvgIpc) is 2.47. The molecule has 0 saturated carbocycles. The third-order valence-corrected chi connectivity index (χ3v) is 4.04. The fourth-order valence-corrected chi connectivity index (χ4v) is 2.90. The SMILES string of the molecule is CC(CC(=O)CCC[C@@H](O)CO)C[C@H](C)OC1CCCCO1. The Morgan fingerprint density at radius 2 is 2.14 bits per heavy atom. The molecular weight excluding hydrogens is 284 g/mol. The number of ether oxygens (including phenoxy) is 2. The first-order valence-corrected chi connectivity index (χ1v) is 8.59. The number of Topliss-reactive ketones (excluding diaryl/α,β-unsaturated/α-hetero) is 1. The predicted octanol–water partition coefficient (Wildman–Crippen LogP) is 2.43. The normalized spacial score (nSPS) is 23.0. The van der Waals surface area contributed by atoms with Crippen LogP contribution in [0.25, 0.3) is 0 Å². The van der Waals surface area contributed by atoms with Crippen molar-refractivity contribution >= 4 is 5.78 Å². The standard InChI is InChI=1S/C17H32O5/c1-13(11-15(19)6-5-7-16(20)12-18)10-14(2)22-17-8-3-4-9-21-17/h13-14,16-18,20H,3-12H2,1-2H3/t13?,14-,16+,17?/m0/s1. The summed E-state index contributed by atoms with van der Waals surface area (Å²) in [6.45, 7) is 4.66. The van der Waals surface area contributed by atoms with Gasteiger partial charge in [0.1, 0.15) is 5.78 Å². The number of aliphatic hydroxyl groups excluding tert-OH is 2. The van der Waals surface area contributed by atoms with Gasteiger partial charge in [0.25, 0.3) is 0 Å². The van der Waals surface area contributed by atoms with Crippen molar-refractivity contribution in [1.29, 1.82) is 0 Å². The van der Waals surface area contributed by atoms with Crippen molar-refractivity contribution in [2.45, 2.75) is 83.7 Å². The summed E-state index contributed by atoms with van der Waals surface area (Å²) in [6, 6.07) is 0. The van der Waals surface area contributed by atoms with Crippen LogP contribution in [0.15, 0.2) is 0 Å². The maximum atomic E-state index is 11.9. The summed E-state index contributed by atoms with van der Waals surface area (Å²) in [5.41, 5.74) is 0. The number of aliphatic hydroxyl groups is 2. The number of carbonyl (C=O) groups is 1.